The van der Waals surface area contributed by atoms with E-state index in [0.29, 0.717) is 5.82 Å². The maximum absolute atomic E-state index is 12.3. The van der Waals surface area contributed by atoms with Gasteiger partial charge in [0.1, 0.15) is 12.3 Å². The van der Waals surface area contributed by atoms with Gasteiger partial charge in [0.15, 0.2) is 0 Å². The number of hydrogen-bond acceptors (Lipinski definition) is 5. The van der Waals surface area contributed by atoms with Crippen LogP contribution in [0.15, 0.2) is 78.9 Å². The lowest BCUT2D eigenvalue weighted by Gasteiger charge is -2.13. The Balaban J connectivity index is 1.39. The minimum atomic E-state index is -0.171. The first-order valence-corrected chi connectivity index (χ1v) is 9.99. The van der Waals surface area contributed by atoms with Gasteiger partial charge in [-0.15, -0.1) is 10.2 Å². The van der Waals surface area contributed by atoms with Crippen molar-refractivity contribution in [1.82, 2.24) is 25.5 Å². The van der Waals surface area contributed by atoms with Crippen LogP contribution in [0.5, 0.6) is 5.75 Å². The molecular formula is C24H23N5O2. The molecule has 0 fully saturated rings. The molecule has 7 nitrogen and oxygen atoms in total. The predicted molar refractivity (Wildman–Crippen MR) is 118 cm³/mol. The van der Waals surface area contributed by atoms with Crippen LogP contribution in [0.3, 0.4) is 0 Å². The molecule has 156 valence electrons. The van der Waals surface area contributed by atoms with E-state index in [1.165, 1.54) is 4.80 Å². The summed E-state index contributed by atoms with van der Waals surface area (Å²) in [5, 5.41) is 15.4. The summed E-state index contributed by atoms with van der Waals surface area (Å²) in [6.45, 7) is 1.95. The van der Waals surface area contributed by atoms with Crippen molar-refractivity contribution in [1.29, 1.82) is 0 Å². The van der Waals surface area contributed by atoms with E-state index in [4.69, 9.17) is 4.74 Å². The summed E-state index contributed by atoms with van der Waals surface area (Å²) in [6.07, 6.45) is 0. The van der Waals surface area contributed by atoms with Crippen LogP contribution in [0.25, 0.3) is 22.5 Å². The molecule has 0 aliphatic carbocycles. The molecule has 1 atom stereocenters. The van der Waals surface area contributed by atoms with E-state index in [9.17, 15) is 4.79 Å². The summed E-state index contributed by atoms with van der Waals surface area (Å²) in [4.78, 5) is 13.6. The van der Waals surface area contributed by atoms with Crippen molar-refractivity contribution in [2.45, 2.75) is 19.5 Å². The average Bonchev–Trinajstić information content (AvgIpc) is 3.28. The van der Waals surface area contributed by atoms with Gasteiger partial charge >= 0.3 is 0 Å². The largest absolute Gasteiger partial charge is 0.497 e. The SMILES string of the molecule is COc1ccc(-c2ccc(-c3nnn(CC(=O)NC(C)c4ccccc4)n3)cc2)cc1. The van der Waals surface area contributed by atoms with Crippen LogP contribution in [0.2, 0.25) is 0 Å². The maximum atomic E-state index is 12.3. The molecule has 1 unspecified atom stereocenters. The molecule has 7 heteroatoms. The van der Waals surface area contributed by atoms with Crippen LogP contribution in [-0.4, -0.2) is 33.2 Å². The number of nitrogens with zero attached hydrogens (tertiary/aromatic N) is 4. The Kier molecular flexibility index (Phi) is 6.03. The van der Waals surface area contributed by atoms with Gasteiger partial charge in [0.2, 0.25) is 11.7 Å². The molecule has 4 rings (SSSR count). The highest BCUT2D eigenvalue weighted by molar-refractivity contribution is 5.76. The standard InChI is InChI=1S/C24H23N5O2/c1-17(18-6-4-3-5-7-18)25-23(30)16-29-27-24(26-28-29)21-10-8-19(9-11-21)20-12-14-22(31-2)15-13-20/h3-15,17H,16H2,1-2H3,(H,25,30). The third-order valence-corrected chi connectivity index (χ3v) is 4.98. The molecule has 4 aromatic rings. The fourth-order valence-corrected chi connectivity index (χ4v) is 3.26. The molecule has 1 amide bonds. The van der Waals surface area contributed by atoms with Crippen molar-refractivity contribution in [2.24, 2.45) is 0 Å². The van der Waals surface area contributed by atoms with Gasteiger partial charge in [0.05, 0.1) is 13.2 Å². The number of benzene rings is 3. The second-order valence-corrected chi connectivity index (χ2v) is 7.15. The number of rotatable bonds is 7. The Morgan fingerprint density at radius 2 is 1.55 bits per heavy atom. The molecule has 0 aliphatic heterocycles. The zero-order valence-electron chi connectivity index (χ0n) is 17.4. The van der Waals surface area contributed by atoms with E-state index in [1.807, 2.05) is 85.8 Å². The lowest BCUT2D eigenvalue weighted by molar-refractivity contribution is -0.122. The zero-order valence-corrected chi connectivity index (χ0v) is 17.4. The fraction of sp³-hybridized carbons (Fsp3) is 0.167. The van der Waals surface area contributed by atoms with Gasteiger partial charge in [-0.3, -0.25) is 4.79 Å². The van der Waals surface area contributed by atoms with Gasteiger partial charge in [-0.2, -0.15) is 4.80 Å². The highest BCUT2D eigenvalue weighted by Crippen LogP contribution is 2.24. The number of carbonyl (C=O) groups excluding carboxylic acids is 1. The number of ether oxygens (including phenoxy) is 1. The molecular weight excluding hydrogens is 390 g/mol. The molecule has 0 radical (unpaired) electrons. The monoisotopic (exact) mass is 413 g/mol. The number of methoxy groups -OCH3 is 1. The first-order valence-electron chi connectivity index (χ1n) is 9.99. The average molecular weight is 413 g/mol. The van der Waals surface area contributed by atoms with Crippen LogP contribution >= 0.6 is 0 Å². The number of nitrogens with one attached hydrogen (secondary N) is 1. The summed E-state index contributed by atoms with van der Waals surface area (Å²) in [5.41, 5.74) is 4.04. The van der Waals surface area contributed by atoms with Crippen LogP contribution in [0.1, 0.15) is 18.5 Å². The van der Waals surface area contributed by atoms with Crippen LogP contribution in [0.4, 0.5) is 0 Å². The second-order valence-electron chi connectivity index (χ2n) is 7.15. The number of amides is 1. The summed E-state index contributed by atoms with van der Waals surface area (Å²) in [5.74, 6) is 1.13. The van der Waals surface area contributed by atoms with Gasteiger partial charge in [-0.1, -0.05) is 66.7 Å². The molecule has 31 heavy (non-hydrogen) atoms. The second kappa shape index (κ2) is 9.21. The van der Waals surface area contributed by atoms with E-state index in [0.717, 1.165) is 28.0 Å². The normalized spacial score (nSPS) is 11.7. The Morgan fingerprint density at radius 3 is 2.19 bits per heavy atom. The van der Waals surface area contributed by atoms with E-state index < -0.39 is 0 Å². The van der Waals surface area contributed by atoms with Gasteiger partial charge in [-0.25, -0.2) is 0 Å². The number of aromatic nitrogens is 4. The van der Waals surface area contributed by atoms with Crippen molar-refractivity contribution in [3.05, 3.63) is 84.4 Å². The summed E-state index contributed by atoms with van der Waals surface area (Å²) >= 11 is 0. The lowest BCUT2D eigenvalue weighted by Crippen LogP contribution is -2.30. The van der Waals surface area contributed by atoms with Crippen LogP contribution in [0, 0.1) is 0 Å². The maximum Gasteiger partial charge on any atom is 0.244 e. The van der Waals surface area contributed by atoms with Gasteiger partial charge < -0.3 is 10.1 Å². The summed E-state index contributed by atoms with van der Waals surface area (Å²) < 4.78 is 5.20. The Bertz CT molecular complexity index is 1140. The lowest BCUT2D eigenvalue weighted by atomic mass is 10.0. The third-order valence-electron chi connectivity index (χ3n) is 4.98. The van der Waals surface area contributed by atoms with Crippen molar-refractivity contribution in [3.63, 3.8) is 0 Å². The molecule has 0 saturated carbocycles. The topological polar surface area (TPSA) is 81.9 Å². The molecule has 0 spiro atoms. The Labute approximate surface area is 180 Å². The van der Waals surface area contributed by atoms with E-state index in [-0.39, 0.29) is 18.5 Å². The Morgan fingerprint density at radius 1 is 0.935 bits per heavy atom. The first-order chi connectivity index (χ1) is 15.1. The minimum absolute atomic E-state index is 0.00804. The van der Waals surface area contributed by atoms with E-state index >= 15 is 0 Å². The number of carbonyl (C=O) groups is 1. The fourth-order valence-electron chi connectivity index (χ4n) is 3.26. The van der Waals surface area contributed by atoms with Crippen LogP contribution < -0.4 is 10.1 Å². The van der Waals surface area contributed by atoms with Gasteiger partial charge in [0.25, 0.3) is 0 Å². The molecule has 3 aromatic carbocycles. The quantitative estimate of drug-likeness (QED) is 0.497. The van der Waals surface area contributed by atoms with Crippen molar-refractivity contribution in [2.75, 3.05) is 7.11 Å². The van der Waals surface area contributed by atoms with Crippen molar-refractivity contribution in [3.8, 4) is 28.3 Å². The molecule has 0 bridgehead atoms. The first kappa shape index (κ1) is 20.3. The Hall–Kier alpha value is -4.00. The van der Waals surface area contributed by atoms with Gasteiger partial charge in [0, 0.05) is 5.56 Å². The van der Waals surface area contributed by atoms with Crippen LogP contribution in [-0.2, 0) is 11.3 Å². The number of hydrogen-bond donors (Lipinski definition) is 1. The van der Waals surface area contributed by atoms with E-state index in [1.54, 1.807) is 7.11 Å². The highest BCUT2D eigenvalue weighted by atomic mass is 16.5. The van der Waals surface area contributed by atoms with E-state index in [2.05, 4.69) is 20.7 Å². The van der Waals surface area contributed by atoms with Gasteiger partial charge in [-0.05, 0) is 41.0 Å². The predicted octanol–water partition coefficient (Wildman–Crippen LogP) is 3.89. The zero-order chi connectivity index (χ0) is 21.6. The molecule has 1 heterocycles. The summed E-state index contributed by atoms with van der Waals surface area (Å²) in [7, 11) is 1.65. The number of tetrazole rings is 1. The third kappa shape index (κ3) is 4.95. The van der Waals surface area contributed by atoms with Crippen molar-refractivity contribution >= 4 is 5.91 Å². The van der Waals surface area contributed by atoms with Crippen molar-refractivity contribution < 1.29 is 9.53 Å². The highest BCUT2D eigenvalue weighted by Gasteiger charge is 2.13. The molecule has 1 aromatic heterocycles. The molecule has 0 aliphatic rings. The smallest absolute Gasteiger partial charge is 0.244 e. The molecule has 0 saturated heterocycles. The minimum Gasteiger partial charge on any atom is -0.497 e. The molecule has 1 N–H and O–H groups in total. The summed E-state index contributed by atoms with van der Waals surface area (Å²) in [6, 6.07) is 25.5.